The maximum Gasteiger partial charge on any atom is 0.173 e. The van der Waals surface area contributed by atoms with Gasteiger partial charge in [-0.3, -0.25) is 0 Å². The maximum atomic E-state index is 5.80. The second kappa shape index (κ2) is 2.37. The minimum absolute atomic E-state index is 0.0775. The van der Waals surface area contributed by atoms with E-state index in [4.69, 9.17) is 15.2 Å². The quantitative estimate of drug-likeness (QED) is 0.578. The van der Waals surface area contributed by atoms with Crippen LogP contribution in [0, 0.1) is 0 Å². The number of hydrogen-bond acceptors (Lipinski definition) is 4. The van der Waals surface area contributed by atoms with Crippen molar-refractivity contribution in [3.05, 3.63) is 0 Å². The molecule has 2 heterocycles. The van der Waals surface area contributed by atoms with Gasteiger partial charge in [0.2, 0.25) is 0 Å². The summed E-state index contributed by atoms with van der Waals surface area (Å²) in [6, 6.07) is 0.0775. The fraction of sp³-hybridized carbons (Fsp3) is 1.00. The summed E-state index contributed by atoms with van der Waals surface area (Å²) in [6.07, 6.45) is 0.204. The normalized spacial score (nSPS) is 52.2. The van der Waals surface area contributed by atoms with E-state index in [9.17, 15) is 0 Å². The number of thioether (sulfide) groups is 1. The van der Waals surface area contributed by atoms with Crippen LogP contribution in [0.4, 0.5) is 0 Å². The molecule has 0 unspecified atom stereocenters. The van der Waals surface area contributed by atoms with E-state index in [1.165, 1.54) is 0 Å². The highest BCUT2D eigenvalue weighted by Gasteiger charge is 2.48. The predicted octanol–water partition coefficient (Wildman–Crippen LogP) is -0.200. The van der Waals surface area contributed by atoms with Gasteiger partial charge in [-0.1, -0.05) is 0 Å². The molecule has 58 valence electrons. The molecule has 4 atom stereocenters. The summed E-state index contributed by atoms with van der Waals surface area (Å²) in [5, 5.41) is 0.491. The van der Waals surface area contributed by atoms with Crippen molar-refractivity contribution < 1.29 is 9.47 Å². The smallest absolute Gasteiger partial charge is 0.173 e. The van der Waals surface area contributed by atoms with Gasteiger partial charge in [-0.15, -0.1) is 0 Å². The van der Waals surface area contributed by atoms with E-state index in [1.807, 2.05) is 11.8 Å². The molecule has 2 fully saturated rings. The number of nitrogens with two attached hydrogens (primary N) is 1. The second-order valence-electron chi connectivity index (χ2n) is 2.65. The van der Waals surface area contributed by atoms with Crippen molar-refractivity contribution in [1.82, 2.24) is 0 Å². The molecule has 0 aliphatic carbocycles. The summed E-state index contributed by atoms with van der Waals surface area (Å²) in [6.45, 7) is 0. The molecule has 0 spiro atoms. The zero-order chi connectivity index (χ0) is 7.14. The molecule has 2 aliphatic rings. The molecule has 0 aromatic carbocycles. The lowest BCUT2D eigenvalue weighted by atomic mass is 10.2. The Morgan fingerprint density at radius 2 is 2.50 bits per heavy atom. The zero-order valence-electron chi connectivity index (χ0n) is 5.82. The van der Waals surface area contributed by atoms with Crippen molar-refractivity contribution in [1.29, 1.82) is 0 Å². The molecule has 4 heteroatoms. The van der Waals surface area contributed by atoms with E-state index >= 15 is 0 Å². The molecule has 0 radical (unpaired) electrons. The first-order valence-electron chi connectivity index (χ1n) is 3.38. The van der Waals surface area contributed by atoms with Crippen LogP contribution in [-0.4, -0.2) is 36.5 Å². The van der Waals surface area contributed by atoms with Crippen LogP contribution < -0.4 is 5.73 Å². The van der Waals surface area contributed by atoms with Gasteiger partial charge < -0.3 is 15.2 Å². The average Bonchev–Trinajstić information content (AvgIpc) is 2.05. The summed E-state index contributed by atoms with van der Waals surface area (Å²) >= 11 is 1.87. The molecule has 3 nitrogen and oxygen atoms in total. The van der Waals surface area contributed by atoms with Crippen LogP contribution in [0.1, 0.15) is 0 Å². The molecule has 2 rings (SSSR count). The first-order chi connectivity index (χ1) is 4.83. The number of methoxy groups -OCH3 is 1. The fourth-order valence-corrected chi connectivity index (χ4v) is 2.46. The van der Waals surface area contributed by atoms with E-state index in [2.05, 4.69) is 0 Å². The first-order valence-corrected chi connectivity index (χ1v) is 4.43. The molecule has 2 aliphatic heterocycles. The molecular formula is C6H11NO2S. The summed E-state index contributed by atoms with van der Waals surface area (Å²) in [5.74, 6) is 1.08. The van der Waals surface area contributed by atoms with Gasteiger partial charge in [0, 0.05) is 12.9 Å². The number of fused-ring (bicyclic) bond motifs is 1. The third-order valence-electron chi connectivity index (χ3n) is 2.05. The average molecular weight is 161 g/mol. The van der Waals surface area contributed by atoms with Crippen molar-refractivity contribution in [2.75, 3.05) is 12.9 Å². The Morgan fingerprint density at radius 3 is 2.80 bits per heavy atom. The molecule has 2 N–H and O–H groups in total. The lowest BCUT2D eigenvalue weighted by Gasteiger charge is -2.28. The van der Waals surface area contributed by atoms with Crippen molar-refractivity contribution in [3.8, 4) is 0 Å². The van der Waals surface area contributed by atoms with Crippen molar-refractivity contribution in [2.24, 2.45) is 5.73 Å². The summed E-state index contributed by atoms with van der Waals surface area (Å²) in [7, 11) is 1.64. The Labute approximate surface area is 64.2 Å². The maximum absolute atomic E-state index is 5.80. The SMILES string of the molecule is CO[C@H]1O[C@@H]2CS[C@@H]2[C@@H]1N. The third-order valence-corrected chi connectivity index (χ3v) is 3.58. The van der Waals surface area contributed by atoms with Crippen LogP contribution >= 0.6 is 11.8 Å². The second-order valence-corrected chi connectivity index (χ2v) is 3.86. The van der Waals surface area contributed by atoms with Crippen LogP contribution in [-0.2, 0) is 9.47 Å². The molecule has 0 aromatic rings. The molecule has 0 bridgehead atoms. The van der Waals surface area contributed by atoms with Gasteiger partial charge >= 0.3 is 0 Å². The largest absolute Gasteiger partial charge is 0.354 e. The van der Waals surface area contributed by atoms with Gasteiger partial charge in [0.05, 0.1) is 17.4 Å². The molecule has 0 aromatic heterocycles. The molecule has 0 saturated carbocycles. The first kappa shape index (κ1) is 6.91. The molecule has 10 heavy (non-hydrogen) atoms. The van der Waals surface area contributed by atoms with Crippen LogP contribution in [0.15, 0.2) is 0 Å². The Hall–Kier alpha value is 0.230. The van der Waals surface area contributed by atoms with Crippen LogP contribution in [0.5, 0.6) is 0 Å². The number of rotatable bonds is 1. The standard InChI is InChI=1S/C6H11NO2S/c1-8-6-4(7)5-3(9-6)2-10-5/h3-6H,2,7H2,1H3/t3-,4+,5+,6+/m1/s1. The van der Waals surface area contributed by atoms with Gasteiger partial charge in [0.15, 0.2) is 6.29 Å². The van der Waals surface area contributed by atoms with Gasteiger partial charge in [-0.2, -0.15) is 11.8 Å². The van der Waals surface area contributed by atoms with Crippen LogP contribution in [0.3, 0.4) is 0 Å². The molecular weight excluding hydrogens is 150 g/mol. The van der Waals surface area contributed by atoms with Gasteiger partial charge in [0.25, 0.3) is 0 Å². The zero-order valence-corrected chi connectivity index (χ0v) is 6.64. The monoisotopic (exact) mass is 161 g/mol. The fourth-order valence-electron chi connectivity index (χ4n) is 1.39. The molecule has 0 amide bonds. The Bertz CT molecular complexity index is 144. The highest BCUT2D eigenvalue weighted by atomic mass is 32.2. The van der Waals surface area contributed by atoms with Crippen molar-refractivity contribution in [3.63, 3.8) is 0 Å². The summed E-state index contributed by atoms with van der Waals surface area (Å²) < 4.78 is 10.5. The van der Waals surface area contributed by atoms with Crippen molar-refractivity contribution in [2.45, 2.75) is 23.7 Å². The lowest BCUT2D eigenvalue weighted by molar-refractivity contribution is -0.115. The van der Waals surface area contributed by atoms with Crippen LogP contribution in [0.2, 0.25) is 0 Å². The Morgan fingerprint density at radius 1 is 1.70 bits per heavy atom. The Kier molecular flexibility index (Phi) is 1.64. The summed E-state index contributed by atoms with van der Waals surface area (Å²) in [5.41, 5.74) is 5.80. The van der Waals surface area contributed by atoms with Gasteiger partial charge in [-0.05, 0) is 0 Å². The van der Waals surface area contributed by atoms with Gasteiger partial charge in [0.1, 0.15) is 0 Å². The van der Waals surface area contributed by atoms with E-state index < -0.39 is 0 Å². The number of ether oxygens (including phenoxy) is 2. The Balaban J connectivity index is 2.02. The molecule has 2 saturated heterocycles. The van der Waals surface area contributed by atoms with E-state index in [0.29, 0.717) is 11.4 Å². The van der Waals surface area contributed by atoms with E-state index in [1.54, 1.807) is 7.11 Å². The van der Waals surface area contributed by atoms with Crippen molar-refractivity contribution >= 4 is 11.8 Å². The minimum Gasteiger partial charge on any atom is -0.354 e. The minimum atomic E-state index is -0.162. The van der Waals surface area contributed by atoms with Gasteiger partial charge in [-0.25, -0.2) is 0 Å². The van der Waals surface area contributed by atoms with Crippen LogP contribution in [0.25, 0.3) is 0 Å². The van der Waals surface area contributed by atoms with E-state index in [0.717, 1.165) is 5.75 Å². The highest BCUT2D eigenvalue weighted by Crippen LogP contribution is 2.40. The topological polar surface area (TPSA) is 44.5 Å². The highest BCUT2D eigenvalue weighted by molar-refractivity contribution is 8.01. The predicted molar refractivity (Wildman–Crippen MR) is 39.9 cm³/mol. The lowest BCUT2D eigenvalue weighted by Crippen LogP contribution is -2.44. The van der Waals surface area contributed by atoms with E-state index in [-0.39, 0.29) is 12.3 Å². The third kappa shape index (κ3) is 0.797. The number of hydrogen-bond donors (Lipinski definition) is 1. The summed E-state index contributed by atoms with van der Waals surface area (Å²) in [4.78, 5) is 0.